The smallest absolute Gasteiger partial charge is 0.318 e. The van der Waals surface area contributed by atoms with E-state index >= 15 is 0 Å². The summed E-state index contributed by atoms with van der Waals surface area (Å²) in [4.78, 5) is 21.1. The molecule has 114 valence electrons. The van der Waals surface area contributed by atoms with Gasteiger partial charge in [-0.1, -0.05) is 12.1 Å². The average Bonchev–Trinajstić information content (AvgIpc) is 2.83. The lowest BCUT2D eigenvalue weighted by Gasteiger charge is -2.08. The first-order valence-electron chi connectivity index (χ1n) is 6.62. The molecule has 7 heteroatoms. The fourth-order valence-electron chi connectivity index (χ4n) is 2.12. The van der Waals surface area contributed by atoms with Gasteiger partial charge in [-0.2, -0.15) is 9.97 Å². The molecule has 3 rings (SSSR count). The Balaban J connectivity index is 1.97. The summed E-state index contributed by atoms with van der Waals surface area (Å²) >= 11 is 1.30. The van der Waals surface area contributed by atoms with E-state index < -0.39 is 0 Å². The number of hydrogen-bond acceptors (Lipinski definition) is 7. The molecular formula is C15H14N2O4S. The van der Waals surface area contributed by atoms with Crippen molar-refractivity contribution in [2.45, 2.75) is 22.9 Å². The fourth-order valence-corrected chi connectivity index (χ4v) is 2.98. The van der Waals surface area contributed by atoms with Gasteiger partial charge in [-0.15, -0.1) is 0 Å². The van der Waals surface area contributed by atoms with Crippen LogP contribution in [-0.2, 0) is 4.79 Å². The van der Waals surface area contributed by atoms with Crippen molar-refractivity contribution in [3.63, 3.8) is 0 Å². The van der Waals surface area contributed by atoms with Gasteiger partial charge in [0.2, 0.25) is 11.8 Å². The van der Waals surface area contributed by atoms with Crippen LogP contribution in [0.2, 0.25) is 0 Å². The predicted molar refractivity (Wildman–Crippen MR) is 79.8 cm³/mol. The summed E-state index contributed by atoms with van der Waals surface area (Å²) in [5.74, 6) is 0.901. The maximum Gasteiger partial charge on any atom is 0.318 e. The van der Waals surface area contributed by atoms with E-state index in [1.54, 1.807) is 6.07 Å². The molecule has 0 radical (unpaired) electrons. The van der Waals surface area contributed by atoms with Gasteiger partial charge >= 0.3 is 5.97 Å². The van der Waals surface area contributed by atoms with Crippen LogP contribution in [-0.4, -0.2) is 30.2 Å². The molecular weight excluding hydrogens is 304 g/mol. The largest absolute Gasteiger partial charge is 0.481 e. The molecule has 0 saturated heterocycles. The van der Waals surface area contributed by atoms with Gasteiger partial charge in [0.1, 0.15) is 5.75 Å². The summed E-state index contributed by atoms with van der Waals surface area (Å²) in [6.45, 7) is 1.83. The van der Waals surface area contributed by atoms with Gasteiger partial charge in [-0.05, 0) is 24.8 Å². The van der Waals surface area contributed by atoms with E-state index in [9.17, 15) is 4.79 Å². The highest BCUT2D eigenvalue weighted by Crippen LogP contribution is 2.43. The second-order valence-electron chi connectivity index (χ2n) is 4.65. The monoisotopic (exact) mass is 318 g/mol. The van der Waals surface area contributed by atoms with E-state index in [0.717, 1.165) is 10.5 Å². The Morgan fingerprint density at radius 1 is 1.18 bits per heavy atom. The van der Waals surface area contributed by atoms with Crippen molar-refractivity contribution in [2.24, 2.45) is 0 Å². The number of methoxy groups -OCH3 is 2. The average molecular weight is 318 g/mol. The first-order chi connectivity index (χ1) is 10.6. The van der Waals surface area contributed by atoms with E-state index in [4.69, 9.17) is 14.2 Å². The van der Waals surface area contributed by atoms with Gasteiger partial charge in [0.15, 0.2) is 5.16 Å². The van der Waals surface area contributed by atoms with Gasteiger partial charge in [0.25, 0.3) is 0 Å². The van der Waals surface area contributed by atoms with Crippen molar-refractivity contribution in [2.75, 3.05) is 14.2 Å². The number of esters is 1. The van der Waals surface area contributed by atoms with Gasteiger partial charge in [0.05, 0.1) is 31.1 Å². The number of benzene rings is 1. The zero-order chi connectivity index (χ0) is 15.7. The Bertz CT molecular complexity index is 713. The molecule has 1 aliphatic rings. The maximum absolute atomic E-state index is 11.7. The van der Waals surface area contributed by atoms with E-state index in [1.807, 2.05) is 25.1 Å². The highest BCUT2D eigenvalue weighted by molar-refractivity contribution is 7.99. The minimum absolute atomic E-state index is 0.243. The number of carbonyl (C=O) groups excluding carboxylic acids is 1. The quantitative estimate of drug-likeness (QED) is 0.487. The molecule has 1 aromatic heterocycles. The standard InChI is InChI=1S/C15H14N2O4S/c1-8-9-5-4-6-10(13(9)21-14(8)18)22-15-16-11(19-2)7-12(17-15)20-3/h4-8H,1-3H3. The molecule has 0 bridgehead atoms. The summed E-state index contributed by atoms with van der Waals surface area (Å²) < 4.78 is 15.6. The van der Waals surface area contributed by atoms with Gasteiger partial charge in [0, 0.05) is 5.56 Å². The summed E-state index contributed by atoms with van der Waals surface area (Å²) in [6, 6.07) is 7.24. The minimum Gasteiger partial charge on any atom is -0.481 e. The molecule has 0 amide bonds. The fraction of sp³-hybridized carbons (Fsp3) is 0.267. The van der Waals surface area contributed by atoms with Crippen LogP contribution in [0.25, 0.3) is 0 Å². The molecule has 0 saturated carbocycles. The van der Waals surface area contributed by atoms with Crippen molar-refractivity contribution in [3.8, 4) is 17.5 Å². The molecule has 0 N–H and O–H groups in total. The summed E-state index contributed by atoms with van der Waals surface area (Å²) in [5, 5.41) is 0.459. The lowest BCUT2D eigenvalue weighted by atomic mass is 10.0. The number of hydrogen-bond donors (Lipinski definition) is 0. The minimum atomic E-state index is -0.253. The molecule has 1 aromatic carbocycles. The van der Waals surface area contributed by atoms with Crippen molar-refractivity contribution in [1.82, 2.24) is 9.97 Å². The summed E-state index contributed by atoms with van der Waals surface area (Å²) in [6.07, 6.45) is 0. The van der Waals surface area contributed by atoms with Crippen LogP contribution < -0.4 is 14.2 Å². The Morgan fingerprint density at radius 3 is 2.50 bits per heavy atom. The summed E-state index contributed by atoms with van der Waals surface area (Å²) in [7, 11) is 3.06. The Labute approximate surface area is 131 Å². The number of nitrogens with zero attached hydrogens (tertiary/aromatic N) is 2. The van der Waals surface area contributed by atoms with Crippen LogP contribution in [0.5, 0.6) is 17.5 Å². The molecule has 1 aliphatic heterocycles. The van der Waals surface area contributed by atoms with Crippen LogP contribution in [0.4, 0.5) is 0 Å². The maximum atomic E-state index is 11.7. The van der Waals surface area contributed by atoms with Crippen LogP contribution in [0, 0.1) is 0 Å². The highest BCUT2D eigenvalue weighted by atomic mass is 32.2. The molecule has 6 nitrogen and oxygen atoms in total. The number of para-hydroxylation sites is 1. The molecule has 1 atom stereocenters. The second-order valence-corrected chi connectivity index (χ2v) is 5.66. The van der Waals surface area contributed by atoms with Crippen LogP contribution in [0.3, 0.4) is 0 Å². The van der Waals surface area contributed by atoms with Crippen LogP contribution in [0.15, 0.2) is 34.3 Å². The van der Waals surface area contributed by atoms with Gasteiger partial charge < -0.3 is 14.2 Å². The number of ether oxygens (including phenoxy) is 3. The highest BCUT2D eigenvalue weighted by Gasteiger charge is 2.31. The second kappa shape index (κ2) is 5.84. The molecule has 22 heavy (non-hydrogen) atoms. The van der Waals surface area contributed by atoms with Crippen molar-refractivity contribution < 1.29 is 19.0 Å². The van der Waals surface area contributed by atoms with E-state index in [-0.39, 0.29) is 11.9 Å². The number of fused-ring (bicyclic) bond motifs is 1. The molecule has 0 fully saturated rings. The lowest BCUT2D eigenvalue weighted by molar-refractivity contribution is -0.133. The molecule has 0 aliphatic carbocycles. The van der Waals surface area contributed by atoms with Crippen LogP contribution in [0.1, 0.15) is 18.4 Å². The number of carbonyl (C=O) groups is 1. The Kier molecular flexibility index (Phi) is 3.89. The Morgan fingerprint density at radius 2 is 1.86 bits per heavy atom. The summed E-state index contributed by atoms with van der Waals surface area (Å²) in [5.41, 5.74) is 0.880. The van der Waals surface area contributed by atoms with Crippen LogP contribution >= 0.6 is 11.8 Å². The van der Waals surface area contributed by atoms with Crippen molar-refractivity contribution in [1.29, 1.82) is 0 Å². The van der Waals surface area contributed by atoms with E-state index in [1.165, 1.54) is 26.0 Å². The number of aromatic nitrogens is 2. The molecule has 2 aromatic rings. The molecule has 2 heterocycles. The van der Waals surface area contributed by atoms with E-state index in [2.05, 4.69) is 9.97 Å². The van der Waals surface area contributed by atoms with Gasteiger partial charge in [-0.3, -0.25) is 4.79 Å². The SMILES string of the molecule is COc1cc(OC)nc(Sc2cccc3c2OC(=O)C3C)n1. The van der Waals surface area contributed by atoms with Crippen molar-refractivity contribution in [3.05, 3.63) is 29.8 Å². The van der Waals surface area contributed by atoms with Gasteiger partial charge in [-0.25, -0.2) is 0 Å². The first kappa shape index (κ1) is 14.6. The third kappa shape index (κ3) is 2.59. The number of rotatable bonds is 4. The molecule has 1 unspecified atom stereocenters. The lowest BCUT2D eigenvalue weighted by Crippen LogP contribution is -2.05. The zero-order valence-corrected chi connectivity index (χ0v) is 13.1. The normalized spacial score (nSPS) is 16.1. The van der Waals surface area contributed by atoms with E-state index in [0.29, 0.717) is 22.7 Å². The van der Waals surface area contributed by atoms with Crippen molar-refractivity contribution >= 4 is 17.7 Å². The topological polar surface area (TPSA) is 70.5 Å². The zero-order valence-electron chi connectivity index (χ0n) is 12.3. The Hall–Kier alpha value is -2.28. The first-order valence-corrected chi connectivity index (χ1v) is 7.43. The third-order valence-corrected chi connectivity index (χ3v) is 4.22. The molecule has 0 spiro atoms. The predicted octanol–water partition coefficient (Wildman–Crippen LogP) is 2.67. The third-order valence-electron chi connectivity index (χ3n) is 3.31.